The molecule has 1 aliphatic heterocycles. The molecule has 0 spiro atoms. The predicted octanol–water partition coefficient (Wildman–Crippen LogP) is 6.29. The number of hydrogen-bond acceptors (Lipinski definition) is 6. The molecule has 0 unspecified atom stereocenters. The number of nitrogens with zero attached hydrogens (tertiary/aromatic N) is 2. The summed E-state index contributed by atoms with van der Waals surface area (Å²) in [6.45, 7) is 1.44. The molecule has 11 heteroatoms. The van der Waals surface area contributed by atoms with Gasteiger partial charge in [0.25, 0.3) is 0 Å². The van der Waals surface area contributed by atoms with Gasteiger partial charge in [0.2, 0.25) is 0 Å². The van der Waals surface area contributed by atoms with Crippen LogP contribution in [0.4, 0.5) is 17.6 Å². The van der Waals surface area contributed by atoms with Gasteiger partial charge in [0.15, 0.2) is 17.5 Å². The first kappa shape index (κ1) is 30.1. The first-order valence-corrected chi connectivity index (χ1v) is 14.1. The van der Waals surface area contributed by atoms with E-state index < -0.39 is 35.0 Å². The average Bonchev–Trinajstić information content (AvgIpc) is 2.94. The molecule has 6 nitrogen and oxygen atoms in total. The molecule has 1 saturated heterocycles. The maximum absolute atomic E-state index is 15.9. The Hall–Kier alpha value is -2.89. The zero-order chi connectivity index (χ0) is 28.9. The number of aliphatic carboxylic acids is 1. The van der Waals surface area contributed by atoms with E-state index in [9.17, 15) is 28.2 Å². The summed E-state index contributed by atoms with van der Waals surface area (Å²) in [6.07, 6.45) is 1.53. The van der Waals surface area contributed by atoms with Crippen LogP contribution < -0.4 is 4.74 Å². The molecule has 2 aromatic carbocycles. The number of alkyl halides is 1. The fourth-order valence-electron chi connectivity index (χ4n) is 5.43. The molecule has 216 valence electrons. The van der Waals surface area contributed by atoms with Crippen LogP contribution in [0.2, 0.25) is 0 Å². The van der Waals surface area contributed by atoms with E-state index in [0.717, 1.165) is 12.1 Å². The molecule has 2 N–H and O–H groups in total. The molecule has 1 aliphatic rings. The Morgan fingerprint density at radius 3 is 2.50 bits per heavy atom. The minimum Gasteiger partial charge on any atom is -0.497 e. The molecule has 4 rings (SSSR count). The molecule has 0 saturated carbocycles. The van der Waals surface area contributed by atoms with Crippen LogP contribution in [-0.2, 0) is 11.4 Å². The van der Waals surface area contributed by atoms with Crippen LogP contribution in [0, 0.1) is 22.9 Å². The lowest BCUT2D eigenvalue weighted by Crippen LogP contribution is -2.42. The summed E-state index contributed by atoms with van der Waals surface area (Å²) in [5, 5.41) is 20.1. The van der Waals surface area contributed by atoms with Crippen LogP contribution in [0.25, 0.3) is 10.9 Å². The number of carboxylic acid groups (broad SMARTS) is 1. The summed E-state index contributed by atoms with van der Waals surface area (Å²) >= 11 is 1.21. The molecule has 0 amide bonds. The number of pyridine rings is 1. The van der Waals surface area contributed by atoms with Crippen LogP contribution in [0.1, 0.15) is 49.4 Å². The lowest BCUT2D eigenvalue weighted by molar-refractivity contribution is -0.141. The third-order valence-electron chi connectivity index (χ3n) is 7.69. The highest BCUT2D eigenvalue weighted by Crippen LogP contribution is 2.43. The number of aromatic nitrogens is 1. The van der Waals surface area contributed by atoms with Gasteiger partial charge in [-0.25, -0.2) is 17.6 Å². The summed E-state index contributed by atoms with van der Waals surface area (Å²) < 4.78 is 61.3. The molecule has 0 aliphatic carbocycles. The van der Waals surface area contributed by atoms with E-state index in [0.29, 0.717) is 77.3 Å². The number of fused-ring (bicyclic) bond motifs is 1. The molecule has 1 aromatic heterocycles. The number of carbonyl (C=O) groups is 1. The van der Waals surface area contributed by atoms with Crippen LogP contribution in [-0.4, -0.2) is 58.6 Å². The second-order valence-corrected chi connectivity index (χ2v) is 11.4. The molecule has 0 radical (unpaired) electrons. The van der Waals surface area contributed by atoms with Crippen LogP contribution in [0.3, 0.4) is 0 Å². The standard InChI is InChI=1S/C29H32F4N2O4S/c1-39-19-2-3-25-21(12-19)27(18(17-36)16-34-25)22(30)4-5-29(15-26(37)38)6-8-35(9-7-29)10-11-40-20-13-23(31)28(33)24(32)14-20/h2-3,12-14,16,22,36H,4-11,15,17H2,1H3,(H,37,38)/t22-/m1/s1. The number of rotatable bonds is 12. The number of carboxylic acids is 1. The maximum Gasteiger partial charge on any atom is 0.303 e. The SMILES string of the molecule is COc1ccc2ncc(CO)c([C@H](F)CCC3(CC(=O)O)CCN(CCSc4cc(F)c(F)c(F)c4)CC3)c2c1. The molecule has 3 aromatic rings. The Balaban J connectivity index is 1.40. The topological polar surface area (TPSA) is 82.9 Å². The number of ether oxygens (including phenoxy) is 1. The van der Waals surface area contributed by atoms with E-state index in [4.69, 9.17) is 4.74 Å². The van der Waals surface area contributed by atoms with E-state index >= 15 is 4.39 Å². The van der Waals surface area contributed by atoms with Gasteiger partial charge in [0.1, 0.15) is 11.9 Å². The number of aliphatic hydroxyl groups excluding tert-OH is 1. The van der Waals surface area contributed by atoms with Crippen LogP contribution in [0.5, 0.6) is 5.75 Å². The normalized spacial score (nSPS) is 16.2. The van der Waals surface area contributed by atoms with Gasteiger partial charge in [0, 0.05) is 39.9 Å². The summed E-state index contributed by atoms with van der Waals surface area (Å²) in [5.74, 6) is -3.82. The third-order valence-corrected chi connectivity index (χ3v) is 8.64. The Labute approximate surface area is 234 Å². The van der Waals surface area contributed by atoms with Crippen molar-refractivity contribution in [2.75, 3.05) is 32.5 Å². The second kappa shape index (κ2) is 13.2. The van der Waals surface area contributed by atoms with Gasteiger partial charge >= 0.3 is 5.97 Å². The zero-order valence-electron chi connectivity index (χ0n) is 22.1. The number of likely N-dealkylation sites (tertiary alicyclic amines) is 1. The van der Waals surface area contributed by atoms with E-state index in [-0.39, 0.29) is 19.4 Å². The minimum atomic E-state index is -1.49. The van der Waals surface area contributed by atoms with Gasteiger partial charge in [-0.05, 0) is 74.5 Å². The third kappa shape index (κ3) is 7.05. The monoisotopic (exact) mass is 580 g/mol. The van der Waals surface area contributed by atoms with Crippen molar-refractivity contribution < 1.29 is 37.3 Å². The van der Waals surface area contributed by atoms with Gasteiger partial charge in [-0.1, -0.05) is 0 Å². The fraction of sp³-hybridized carbons (Fsp3) is 0.448. The van der Waals surface area contributed by atoms with Crippen molar-refractivity contribution in [1.82, 2.24) is 9.88 Å². The fourth-order valence-corrected chi connectivity index (χ4v) is 6.39. The maximum atomic E-state index is 15.9. The van der Waals surface area contributed by atoms with Gasteiger partial charge in [-0.3, -0.25) is 9.78 Å². The summed E-state index contributed by atoms with van der Waals surface area (Å²) in [6, 6.07) is 7.09. The number of methoxy groups -OCH3 is 1. The first-order valence-electron chi connectivity index (χ1n) is 13.1. The van der Waals surface area contributed by atoms with Gasteiger partial charge in [-0.2, -0.15) is 0 Å². The highest BCUT2D eigenvalue weighted by Gasteiger charge is 2.37. The first-order chi connectivity index (χ1) is 19.1. The predicted molar refractivity (Wildman–Crippen MR) is 145 cm³/mol. The highest BCUT2D eigenvalue weighted by molar-refractivity contribution is 7.99. The van der Waals surface area contributed by atoms with Crippen molar-refractivity contribution in [3.8, 4) is 5.75 Å². The number of piperidine rings is 1. The highest BCUT2D eigenvalue weighted by atomic mass is 32.2. The molecule has 0 bridgehead atoms. The minimum absolute atomic E-state index is 0.0752. The quantitative estimate of drug-likeness (QED) is 0.148. The van der Waals surface area contributed by atoms with E-state index in [1.165, 1.54) is 25.1 Å². The Kier molecular flexibility index (Phi) is 9.91. The van der Waals surface area contributed by atoms with Gasteiger partial charge in [-0.15, -0.1) is 11.8 Å². The summed E-state index contributed by atoms with van der Waals surface area (Å²) in [7, 11) is 1.51. The van der Waals surface area contributed by atoms with Gasteiger partial charge < -0.3 is 19.8 Å². The van der Waals surface area contributed by atoms with Crippen molar-refractivity contribution >= 4 is 28.6 Å². The Morgan fingerprint density at radius 1 is 1.18 bits per heavy atom. The number of thioether (sulfide) groups is 1. The van der Waals surface area contributed by atoms with E-state index in [1.807, 2.05) is 0 Å². The lowest BCUT2D eigenvalue weighted by atomic mass is 9.71. The number of benzene rings is 2. The van der Waals surface area contributed by atoms with Crippen molar-refractivity contribution in [3.05, 3.63) is 65.1 Å². The molecule has 1 fully saturated rings. The van der Waals surface area contributed by atoms with Crippen molar-refractivity contribution in [2.45, 2.75) is 49.8 Å². The second-order valence-electron chi connectivity index (χ2n) is 10.2. The molecule has 1 atom stereocenters. The number of hydrogen-bond donors (Lipinski definition) is 2. The smallest absolute Gasteiger partial charge is 0.303 e. The number of halogens is 4. The molecular weight excluding hydrogens is 548 g/mol. The van der Waals surface area contributed by atoms with Crippen LogP contribution in [0.15, 0.2) is 41.4 Å². The van der Waals surface area contributed by atoms with E-state index in [2.05, 4.69) is 9.88 Å². The number of aliphatic hydroxyl groups is 1. The van der Waals surface area contributed by atoms with Gasteiger partial charge in [0.05, 0.1) is 25.7 Å². The van der Waals surface area contributed by atoms with Crippen molar-refractivity contribution in [2.24, 2.45) is 5.41 Å². The van der Waals surface area contributed by atoms with Crippen molar-refractivity contribution in [3.63, 3.8) is 0 Å². The van der Waals surface area contributed by atoms with Crippen LogP contribution >= 0.6 is 11.8 Å². The average molecular weight is 581 g/mol. The Morgan fingerprint density at radius 2 is 1.88 bits per heavy atom. The summed E-state index contributed by atoms with van der Waals surface area (Å²) in [5.41, 5.74) is 0.727. The lowest BCUT2D eigenvalue weighted by Gasteiger charge is -2.41. The summed E-state index contributed by atoms with van der Waals surface area (Å²) in [4.78, 5) is 18.5. The van der Waals surface area contributed by atoms with Crippen molar-refractivity contribution in [1.29, 1.82) is 0 Å². The zero-order valence-corrected chi connectivity index (χ0v) is 23.0. The van der Waals surface area contributed by atoms with E-state index in [1.54, 1.807) is 18.2 Å². The molecule has 2 heterocycles. The largest absolute Gasteiger partial charge is 0.497 e. The molecular formula is C29H32F4N2O4S. The Bertz CT molecular complexity index is 1320. The molecule has 40 heavy (non-hydrogen) atoms.